The maximum Gasteiger partial charge on any atom is 0.573 e. The number of phenols is 1. The molecule has 2 atom stereocenters. The van der Waals surface area contributed by atoms with Crippen LogP contribution in [0.25, 0.3) is 10.9 Å². The number of carbonyl (C=O) groups is 1. The standard InChI is InChI=1S/C21H19F3N2O4/c1-20(19(28)29-2)10-15-14-9-13(30-21(22,23)24)6-7-16(14)25-18(15)17(26-20)11-4-3-5-12(27)8-11/h3-9,17,25-27H,10H2,1-2H3. The number of benzene rings is 2. The molecular weight excluding hydrogens is 401 g/mol. The van der Waals surface area contributed by atoms with Crippen LogP contribution >= 0.6 is 0 Å². The number of alkyl halides is 3. The van der Waals surface area contributed by atoms with E-state index in [1.54, 1.807) is 25.1 Å². The molecule has 0 saturated heterocycles. The molecule has 0 radical (unpaired) electrons. The summed E-state index contributed by atoms with van der Waals surface area (Å²) >= 11 is 0. The molecule has 1 aromatic heterocycles. The number of ether oxygens (including phenoxy) is 2. The molecular formula is C21H19F3N2O4. The molecule has 0 spiro atoms. The Morgan fingerprint density at radius 1 is 1.23 bits per heavy atom. The fourth-order valence-corrected chi connectivity index (χ4v) is 3.99. The van der Waals surface area contributed by atoms with Crippen molar-refractivity contribution >= 4 is 16.9 Å². The summed E-state index contributed by atoms with van der Waals surface area (Å²) in [6, 6.07) is 10.1. The Balaban J connectivity index is 1.89. The van der Waals surface area contributed by atoms with Gasteiger partial charge in [0.2, 0.25) is 0 Å². The van der Waals surface area contributed by atoms with Crippen LogP contribution in [0.15, 0.2) is 42.5 Å². The smallest absolute Gasteiger partial charge is 0.508 e. The summed E-state index contributed by atoms with van der Waals surface area (Å²) in [7, 11) is 1.28. The number of halogens is 3. The predicted molar refractivity (Wildman–Crippen MR) is 102 cm³/mol. The average molecular weight is 420 g/mol. The van der Waals surface area contributed by atoms with E-state index in [1.807, 2.05) is 0 Å². The molecule has 2 unspecified atom stereocenters. The fraction of sp³-hybridized carbons (Fsp3) is 0.286. The van der Waals surface area contributed by atoms with E-state index in [0.717, 1.165) is 0 Å². The van der Waals surface area contributed by atoms with Gasteiger partial charge in [0.1, 0.15) is 17.0 Å². The number of aromatic hydroxyl groups is 1. The van der Waals surface area contributed by atoms with Gasteiger partial charge in [-0.2, -0.15) is 0 Å². The lowest BCUT2D eigenvalue weighted by atomic mass is 9.82. The van der Waals surface area contributed by atoms with Crippen molar-refractivity contribution in [2.24, 2.45) is 0 Å². The van der Waals surface area contributed by atoms with Crippen LogP contribution < -0.4 is 10.1 Å². The van der Waals surface area contributed by atoms with E-state index in [9.17, 15) is 23.1 Å². The van der Waals surface area contributed by atoms with Crippen molar-refractivity contribution < 1.29 is 32.5 Å². The molecule has 0 amide bonds. The largest absolute Gasteiger partial charge is 0.573 e. The van der Waals surface area contributed by atoms with Crippen molar-refractivity contribution in [2.45, 2.75) is 31.3 Å². The number of fused-ring (bicyclic) bond motifs is 3. The minimum Gasteiger partial charge on any atom is -0.508 e. The lowest BCUT2D eigenvalue weighted by molar-refractivity contribution is -0.274. The van der Waals surface area contributed by atoms with Gasteiger partial charge in [-0.3, -0.25) is 10.1 Å². The van der Waals surface area contributed by atoms with Gasteiger partial charge in [-0.15, -0.1) is 13.2 Å². The number of aromatic nitrogens is 1. The van der Waals surface area contributed by atoms with Gasteiger partial charge in [-0.1, -0.05) is 12.1 Å². The van der Waals surface area contributed by atoms with Crippen molar-refractivity contribution in [3.63, 3.8) is 0 Å². The highest BCUT2D eigenvalue weighted by Gasteiger charge is 2.44. The van der Waals surface area contributed by atoms with Crippen LogP contribution in [0, 0.1) is 0 Å². The van der Waals surface area contributed by atoms with Gasteiger partial charge >= 0.3 is 12.3 Å². The lowest BCUT2D eigenvalue weighted by Crippen LogP contribution is -2.56. The number of esters is 1. The van der Waals surface area contributed by atoms with E-state index in [2.05, 4.69) is 15.0 Å². The van der Waals surface area contributed by atoms with E-state index in [1.165, 1.54) is 31.4 Å². The van der Waals surface area contributed by atoms with Crippen LogP contribution in [-0.4, -0.2) is 35.1 Å². The molecule has 0 aliphatic carbocycles. The summed E-state index contributed by atoms with van der Waals surface area (Å²) in [5.41, 5.74) is 1.53. The molecule has 4 rings (SSSR count). The number of carbonyl (C=O) groups excluding carboxylic acids is 1. The predicted octanol–water partition coefficient (Wildman–Crippen LogP) is 3.94. The summed E-state index contributed by atoms with van der Waals surface area (Å²) in [5, 5.41) is 13.7. The van der Waals surface area contributed by atoms with Crippen molar-refractivity contribution in [1.82, 2.24) is 10.3 Å². The number of aromatic amines is 1. The van der Waals surface area contributed by atoms with Crippen LogP contribution in [0.5, 0.6) is 11.5 Å². The second kappa shape index (κ2) is 6.94. The highest BCUT2D eigenvalue weighted by molar-refractivity contribution is 5.89. The van der Waals surface area contributed by atoms with Gasteiger partial charge in [0, 0.05) is 23.0 Å². The zero-order valence-corrected chi connectivity index (χ0v) is 16.1. The summed E-state index contributed by atoms with van der Waals surface area (Å²) < 4.78 is 47.1. The van der Waals surface area contributed by atoms with Crippen LogP contribution in [0.3, 0.4) is 0 Å². The Morgan fingerprint density at radius 3 is 2.67 bits per heavy atom. The van der Waals surface area contributed by atoms with Crippen LogP contribution in [0.1, 0.15) is 29.8 Å². The maximum atomic E-state index is 12.7. The van der Waals surface area contributed by atoms with E-state index >= 15 is 0 Å². The SMILES string of the molecule is COC(=O)C1(C)Cc2c([nH]c3ccc(OC(F)(F)F)cc23)C(c2cccc(O)c2)N1. The highest BCUT2D eigenvalue weighted by Crippen LogP contribution is 2.40. The first-order chi connectivity index (χ1) is 14.1. The molecule has 3 aromatic rings. The molecule has 0 saturated carbocycles. The van der Waals surface area contributed by atoms with Gasteiger partial charge in [0.15, 0.2) is 0 Å². The highest BCUT2D eigenvalue weighted by atomic mass is 19.4. The molecule has 0 bridgehead atoms. The van der Waals surface area contributed by atoms with Crippen LogP contribution in [-0.2, 0) is 16.0 Å². The second-order valence-corrected chi connectivity index (χ2v) is 7.45. The topological polar surface area (TPSA) is 83.6 Å². The third kappa shape index (κ3) is 3.56. The minimum atomic E-state index is -4.81. The maximum absolute atomic E-state index is 12.7. The number of nitrogens with one attached hydrogen (secondary N) is 2. The first-order valence-electron chi connectivity index (χ1n) is 9.15. The number of methoxy groups -OCH3 is 1. The Hall–Kier alpha value is -3.20. The molecule has 2 aromatic carbocycles. The number of hydrogen-bond acceptors (Lipinski definition) is 5. The summed E-state index contributed by atoms with van der Waals surface area (Å²) in [6.45, 7) is 1.67. The lowest BCUT2D eigenvalue weighted by Gasteiger charge is -2.37. The van der Waals surface area contributed by atoms with E-state index < -0.39 is 23.9 Å². The second-order valence-electron chi connectivity index (χ2n) is 7.45. The van der Waals surface area contributed by atoms with Gasteiger partial charge in [0.25, 0.3) is 0 Å². The van der Waals surface area contributed by atoms with Gasteiger partial charge < -0.3 is 19.6 Å². The molecule has 1 aliphatic rings. The fourth-order valence-electron chi connectivity index (χ4n) is 3.99. The normalized spacial score (nSPS) is 21.3. The summed E-state index contributed by atoms with van der Waals surface area (Å²) in [6.07, 6.45) is -4.62. The first kappa shape index (κ1) is 20.1. The third-order valence-electron chi connectivity index (χ3n) is 5.27. The Kier molecular flexibility index (Phi) is 4.65. The Labute approximate surface area is 169 Å². The molecule has 9 heteroatoms. The van der Waals surface area contributed by atoms with Gasteiger partial charge in [-0.25, -0.2) is 0 Å². The zero-order chi connectivity index (χ0) is 21.7. The van der Waals surface area contributed by atoms with E-state index in [4.69, 9.17) is 4.74 Å². The first-order valence-corrected chi connectivity index (χ1v) is 9.15. The zero-order valence-electron chi connectivity index (χ0n) is 16.1. The molecule has 3 N–H and O–H groups in total. The monoisotopic (exact) mass is 420 g/mol. The Bertz CT molecular complexity index is 1130. The third-order valence-corrected chi connectivity index (χ3v) is 5.27. The molecule has 0 fully saturated rings. The van der Waals surface area contributed by atoms with Gasteiger partial charge in [0.05, 0.1) is 13.2 Å². The van der Waals surface area contributed by atoms with E-state index in [-0.39, 0.29) is 17.9 Å². The average Bonchev–Trinajstić information content (AvgIpc) is 3.03. The van der Waals surface area contributed by atoms with E-state index in [0.29, 0.717) is 27.7 Å². The van der Waals surface area contributed by atoms with Crippen molar-refractivity contribution in [1.29, 1.82) is 0 Å². The van der Waals surface area contributed by atoms with Crippen LogP contribution in [0.4, 0.5) is 13.2 Å². The van der Waals surface area contributed by atoms with Crippen molar-refractivity contribution in [3.8, 4) is 11.5 Å². The van der Waals surface area contributed by atoms with Crippen LogP contribution in [0.2, 0.25) is 0 Å². The number of rotatable bonds is 3. The minimum absolute atomic E-state index is 0.0539. The summed E-state index contributed by atoms with van der Waals surface area (Å²) in [5.74, 6) is -0.794. The number of hydrogen-bond donors (Lipinski definition) is 3. The van der Waals surface area contributed by atoms with Crippen molar-refractivity contribution in [3.05, 3.63) is 59.3 Å². The molecule has 158 valence electrons. The quantitative estimate of drug-likeness (QED) is 0.559. The molecule has 1 aliphatic heterocycles. The molecule has 6 nitrogen and oxygen atoms in total. The Morgan fingerprint density at radius 2 is 2.00 bits per heavy atom. The van der Waals surface area contributed by atoms with Gasteiger partial charge in [-0.05, 0) is 48.4 Å². The number of H-pyrrole nitrogens is 1. The molecule has 30 heavy (non-hydrogen) atoms. The van der Waals surface area contributed by atoms with Crippen molar-refractivity contribution in [2.75, 3.05) is 7.11 Å². The molecule has 2 heterocycles. The number of phenolic OH excluding ortho intramolecular Hbond substituents is 1. The summed E-state index contributed by atoms with van der Waals surface area (Å²) in [4.78, 5) is 15.8.